The maximum atomic E-state index is 13.7. The first kappa shape index (κ1) is 31.3. The summed E-state index contributed by atoms with van der Waals surface area (Å²) in [4.78, 5) is 18.4. The molecule has 8 nitrogen and oxygen atoms in total. The molecule has 1 aliphatic heterocycles. The lowest BCUT2D eigenvalue weighted by Crippen LogP contribution is -2.29. The van der Waals surface area contributed by atoms with Crippen molar-refractivity contribution < 1.29 is 19.0 Å². The SMILES string of the molecule is CCCSc1nc2n(n1)C(c1cc(Br)c(OCc3ccc(Cl)c(Cl)c3)c(OC)c1)C(C(=O)OCc1ccccc1)=C(C)N2. The highest BCUT2D eigenvalue weighted by molar-refractivity contribution is 9.10. The molecule has 43 heavy (non-hydrogen) atoms. The number of aromatic nitrogens is 3. The molecule has 1 aromatic heterocycles. The Morgan fingerprint density at radius 3 is 2.58 bits per heavy atom. The molecule has 0 bridgehead atoms. The Labute approximate surface area is 272 Å². The van der Waals surface area contributed by atoms with Crippen LogP contribution in [0.4, 0.5) is 5.95 Å². The van der Waals surface area contributed by atoms with Gasteiger partial charge in [0.2, 0.25) is 11.1 Å². The van der Waals surface area contributed by atoms with Crippen LogP contribution in [0.2, 0.25) is 10.0 Å². The van der Waals surface area contributed by atoms with E-state index in [1.54, 1.807) is 35.7 Å². The zero-order chi connectivity index (χ0) is 30.5. The molecule has 0 radical (unpaired) electrons. The van der Waals surface area contributed by atoms with E-state index in [1.165, 1.54) is 0 Å². The van der Waals surface area contributed by atoms with E-state index in [4.69, 9.17) is 47.5 Å². The van der Waals surface area contributed by atoms with Crippen molar-refractivity contribution in [3.63, 3.8) is 0 Å². The monoisotopic (exact) mass is 702 g/mol. The van der Waals surface area contributed by atoms with Crippen LogP contribution in [0.25, 0.3) is 0 Å². The number of carbonyl (C=O) groups is 1. The molecule has 5 rings (SSSR count). The van der Waals surface area contributed by atoms with Crippen LogP contribution in [0.15, 0.2) is 81.6 Å². The molecule has 4 aromatic rings. The number of carbonyl (C=O) groups excluding carboxylic acids is 1. The minimum atomic E-state index is -0.641. The summed E-state index contributed by atoms with van der Waals surface area (Å²) >= 11 is 17.5. The standard InChI is InChI=1S/C31H29BrCl2N4O4S/c1-4-12-43-31-36-30-35-18(2)26(29(39)42-16-19-8-6-5-7-9-19)27(38(30)37-31)21-14-22(32)28(25(15-21)40-3)41-17-20-10-11-23(33)24(34)13-20/h5-11,13-15,27H,4,12,16-17H2,1-3H3,(H,35,36,37). The van der Waals surface area contributed by atoms with Crippen molar-refractivity contribution in [3.05, 3.63) is 103 Å². The van der Waals surface area contributed by atoms with Gasteiger partial charge in [0.05, 0.1) is 27.2 Å². The molecule has 0 spiro atoms. The van der Waals surface area contributed by atoms with E-state index >= 15 is 0 Å². The van der Waals surface area contributed by atoms with Gasteiger partial charge in [-0.2, -0.15) is 4.98 Å². The maximum absolute atomic E-state index is 13.7. The van der Waals surface area contributed by atoms with Crippen molar-refractivity contribution in [2.75, 3.05) is 18.2 Å². The van der Waals surface area contributed by atoms with E-state index in [2.05, 4.69) is 28.2 Å². The number of esters is 1. The summed E-state index contributed by atoms with van der Waals surface area (Å²) in [5, 5.41) is 9.58. The van der Waals surface area contributed by atoms with E-state index in [1.807, 2.05) is 55.5 Å². The number of halogens is 3. The van der Waals surface area contributed by atoms with Crippen LogP contribution in [0.5, 0.6) is 11.5 Å². The molecule has 1 atom stereocenters. The summed E-state index contributed by atoms with van der Waals surface area (Å²) < 4.78 is 20.1. The largest absolute Gasteiger partial charge is 0.493 e. The first-order chi connectivity index (χ1) is 20.8. The molecule has 0 saturated carbocycles. The molecule has 1 unspecified atom stereocenters. The van der Waals surface area contributed by atoms with Crippen LogP contribution in [0, 0.1) is 0 Å². The lowest BCUT2D eigenvalue weighted by molar-refractivity contribution is -0.140. The second-order valence-corrected chi connectivity index (χ2v) is 12.4. The van der Waals surface area contributed by atoms with Crippen molar-refractivity contribution in [1.29, 1.82) is 0 Å². The molecule has 0 fully saturated rings. The van der Waals surface area contributed by atoms with E-state index in [9.17, 15) is 4.79 Å². The van der Waals surface area contributed by atoms with Crippen molar-refractivity contribution in [2.24, 2.45) is 0 Å². The molecular formula is C31H29BrCl2N4O4S. The molecule has 12 heteroatoms. The number of ether oxygens (including phenoxy) is 3. The third-order valence-electron chi connectivity index (χ3n) is 6.64. The number of hydrogen-bond acceptors (Lipinski definition) is 8. The number of rotatable bonds is 11. The number of thioether (sulfide) groups is 1. The summed E-state index contributed by atoms with van der Waals surface area (Å²) in [5.41, 5.74) is 3.51. The van der Waals surface area contributed by atoms with Crippen molar-refractivity contribution in [2.45, 2.75) is 44.7 Å². The predicted molar refractivity (Wildman–Crippen MR) is 173 cm³/mol. The second-order valence-electron chi connectivity index (χ2n) is 9.71. The lowest BCUT2D eigenvalue weighted by atomic mass is 9.95. The van der Waals surface area contributed by atoms with Crippen LogP contribution < -0.4 is 14.8 Å². The molecule has 224 valence electrons. The number of methoxy groups -OCH3 is 1. The summed E-state index contributed by atoms with van der Waals surface area (Å²) in [6, 6.07) is 18.0. The average molecular weight is 704 g/mol. The first-order valence-electron chi connectivity index (χ1n) is 13.5. The number of benzene rings is 3. The molecule has 0 aliphatic carbocycles. The van der Waals surface area contributed by atoms with Gasteiger partial charge in [0.1, 0.15) is 19.3 Å². The van der Waals surface area contributed by atoms with E-state index < -0.39 is 12.0 Å². The van der Waals surface area contributed by atoms with E-state index in [0.717, 1.165) is 28.9 Å². The van der Waals surface area contributed by atoms with E-state index in [-0.39, 0.29) is 13.2 Å². The van der Waals surface area contributed by atoms with Gasteiger partial charge >= 0.3 is 5.97 Å². The Morgan fingerprint density at radius 1 is 1.07 bits per heavy atom. The second kappa shape index (κ2) is 14.1. The summed E-state index contributed by atoms with van der Waals surface area (Å²) in [7, 11) is 1.57. The molecule has 1 aliphatic rings. The highest BCUT2D eigenvalue weighted by atomic mass is 79.9. The molecule has 3 aromatic carbocycles. The minimum Gasteiger partial charge on any atom is -0.493 e. The summed E-state index contributed by atoms with van der Waals surface area (Å²) in [6.45, 7) is 4.31. The van der Waals surface area contributed by atoms with Crippen LogP contribution in [0.1, 0.15) is 43.0 Å². The van der Waals surface area contributed by atoms with Gasteiger partial charge in [-0.3, -0.25) is 0 Å². The Morgan fingerprint density at radius 2 is 1.86 bits per heavy atom. The number of anilines is 1. The van der Waals surface area contributed by atoms with Crippen LogP contribution in [0.3, 0.4) is 0 Å². The van der Waals surface area contributed by atoms with Gasteiger partial charge in [0.15, 0.2) is 11.5 Å². The third-order valence-corrected chi connectivity index (χ3v) is 9.01. The number of allylic oxidation sites excluding steroid dienone is 1. The van der Waals surface area contributed by atoms with Gasteiger partial charge in [0, 0.05) is 11.4 Å². The number of fused-ring (bicyclic) bond motifs is 1. The van der Waals surface area contributed by atoms with Gasteiger partial charge in [0.25, 0.3) is 0 Å². The zero-order valence-corrected chi connectivity index (χ0v) is 27.6. The summed E-state index contributed by atoms with van der Waals surface area (Å²) in [6.07, 6.45) is 0.980. The van der Waals surface area contributed by atoms with Gasteiger partial charge in [-0.05, 0) is 70.2 Å². The smallest absolute Gasteiger partial charge is 0.338 e. The maximum Gasteiger partial charge on any atom is 0.338 e. The predicted octanol–water partition coefficient (Wildman–Crippen LogP) is 8.47. The fourth-order valence-electron chi connectivity index (χ4n) is 4.58. The molecule has 0 saturated heterocycles. The Kier molecular flexibility index (Phi) is 10.2. The van der Waals surface area contributed by atoms with Crippen molar-refractivity contribution >= 4 is 62.8 Å². The molecular weight excluding hydrogens is 675 g/mol. The third kappa shape index (κ3) is 7.15. The summed E-state index contributed by atoms with van der Waals surface area (Å²) in [5.74, 6) is 1.92. The number of nitrogens with one attached hydrogen (secondary N) is 1. The molecule has 1 N–H and O–H groups in total. The van der Waals surface area contributed by atoms with Crippen LogP contribution in [-0.2, 0) is 22.7 Å². The van der Waals surface area contributed by atoms with Crippen LogP contribution in [-0.4, -0.2) is 33.6 Å². The molecule has 2 heterocycles. The fraction of sp³-hybridized carbons (Fsp3) is 0.258. The normalized spacial score (nSPS) is 14.2. The van der Waals surface area contributed by atoms with Gasteiger partial charge in [-0.15, -0.1) is 5.10 Å². The quantitative estimate of drug-likeness (QED) is 0.123. The zero-order valence-electron chi connectivity index (χ0n) is 23.7. The van der Waals surface area contributed by atoms with E-state index in [0.29, 0.717) is 48.4 Å². The van der Waals surface area contributed by atoms with Crippen molar-refractivity contribution in [3.8, 4) is 11.5 Å². The highest BCUT2D eigenvalue weighted by Gasteiger charge is 2.36. The Balaban J connectivity index is 1.51. The van der Waals surface area contributed by atoms with Gasteiger partial charge in [-0.1, -0.05) is 78.3 Å². The average Bonchev–Trinajstić information content (AvgIpc) is 3.41. The number of nitrogens with zero attached hydrogens (tertiary/aromatic N) is 3. The number of hydrogen-bond donors (Lipinski definition) is 1. The first-order valence-corrected chi connectivity index (χ1v) is 16.0. The Bertz CT molecular complexity index is 1670. The lowest BCUT2D eigenvalue weighted by Gasteiger charge is -2.29. The van der Waals surface area contributed by atoms with Crippen molar-refractivity contribution in [1.82, 2.24) is 14.8 Å². The topological polar surface area (TPSA) is 87.5 Å². The minimum absolute atomic E-state index is 0.138. The van der Waals surface area contributed by atoms with Gasteiger partial charge in [-0.25, -0.2) is 9.48 Å². The Hall–Kier alpha value is -3.18. The van der Waals surface area contributed by atoms with Gasteiger partial charge < -0.3 is 19.5 Å². The highest BCUT2D eigenvalue weighted by Crippen LogP contribution is 2.43. The fourth-order valence-corrected chi connectivity index (χ4v) is 6.16. The molecule has 0 amide bonds. The van der Waals surface area contributed by atoms with Crippen LogP contribution >= 0.6 is 50.9 Å².